The molecule has 2 heterocycles. The summed E-state index contributed by atoms with van der Waals surface area (Å²) >= 11 is 0. The summed E-state index contributed by atoms with van der Waals surface area (Å²) in [5, 5.41) is 13.4. The molecule has 9 heteroatoms. The van der Waals surface area contributed by atoms with Crippen LogP contribution in [0.4, 0.5) is 5.95 Å². The number of likely N-dealkylation sites (tertiary alicyclic amines) is 1. The van der Waals surface area contributed by atoms with Gasteiger partial charge >= 0.3 is 0 Å². The fraction of sp³-hybridized carbons (Fsp3) is 0.724. The Hall–Kier alpha value is -2.52. The van der Waals surface area contributed by atoms with Crippen LogP contribution in [0, 0.1) is 5.92 Å². The third-order valence-corrected chi connectivity index (χ3v) is 7.77. The molecule has 3 rings (SSSR count). The summed E-state index contributed by atoms with van der Waals surface area (Å²) in [6, 6.07) is 0.269. The van der Waals surface area contributed by atoms with Crippen molar-refractivity contribution in [3.8, 4) is 0 Å². The van der Waals surface area contributed by atoms with Gasteiger partial charge in [0.25, 0.3) is 0 Å². The first-order valence-electron chi connectivity index (χ1n) is 14.3. The molecule has 1 aliphatic heterocycles. The van der Waals surface area contributed by atoms with E-state index < -0.39 is 0 Å². The first-order valence-corrected chi connectivity index (χ1v) is 14.3. The van der Waals surface area contributed by atoms with Crippen LogP contribution in [0.2, 0.25) is 0 Å². The van der Waals surface area contributed by atoms with Crippen LogP contribution in [0.3, 0.4) is 0 Å². The highest BCUT2D eigenvalue weighted by molar-refractivity contribution is 5.98. The molecule has 1 aromatic rings. The van der Waals surface area contributed by atoms with E-state index in [4.69, 9.17) is 9.72 Å². The third-order valence-electron chi connectivity index (χ3n) is 7.77. The first kappa shape index (κ1) is 30.0. The SMILES string of the molecule is C=C(c1nc(NC(C)CCC)ncc1/C(=N\C)OC1CCN(CCC(=O)N(C)C)CC1)[C@H]1CC[C@H](O)CC1. The number of hydrogen-bond acceptors (Lipinski definition) is 8. The lowest BCUT2D eigenvalue weighted by Gasteiger charge is -2.32. The van der Waals surface area contributed by atoms with Gasteiger partial charge in [0.05, 0.1) is 17.4 Å². The lowest BCUT2D eigenvalue weighted by molar-refractivity contribution is -0.129. The van der Waals surface area contributed by atoms with Gasteiger partial charge in [-0.05, 0) is 63.4 Å². The van der Waals surface area contributed by atoms with Crippen LogP contribution in [0.25, 0.3) is 5.57 Å². The minimum absolute atomic E-state index is 0.0443. The second kappa shape index (κ2) is 14.6. The number of nitrogens with zero attached hydrogens (tertiary/aromatic N) is 5. The van der Waals surface area contributed by atoms with Gasteiger partial charge in [0.15, 0.2) is 0 Å². The summed E-state index contributed by atoms with van der Waals surface area (Å²) in [6.45, 7) is 11.3. The standard InChI is InChI=1S/C29H48N6O3/c1-7-8-20(2)32-29-31-19-25(27(33-29)21(3)22-9-11-23(36)12-10-22)28(30-4)38-24-13-16-35(17-14-24)18-15-26(37)34(5)6/h19-20,22-24,36H,3,7-18H2,1-2,4-6H3,(H,31,32,33)/b30-28+/t20?,22-,23-. The molecule has 1 saturated heterocycles. The number of carbonyl (C=O) groups excluding carboxylic acids is 1. The van der Waals surface area contributed by atoms with Gasteiger partial charge in [0.1, 0.15) is 6.10 Å². The molecule has 212 valence electrons. The maximum absolute atomic E-state index is 11.9. The maximum Gasteiger partial charge on any atom is 0.223 e. The smallest absolute Gasteiger partial charge is 0.223 e. The minimum Gasteiger partial charge on any atom is -0.474 e. The molecule has 0 aromatic carbocycles. The molecule has 1 amide bonds. The second-order valence-electron chi connectivity index (χ2n) is 11.0. The van der Waals surface area contributed by atoms with Crippen LogP contribution in [-0.4, -0.2) is 95.7 Å². The van der Waals surface area contributed by atoms with Crippen molar-refractivity contribution in [1.82, 2.24) is 19.8 Å². The highest BCUT2D eigenvalue weighted by Gasteiger charge is 2.28. The van der Waals surface area contributed by atoms with E-state index >= 15 is 0 Å². The zero-order valence-corrected chi connectivity index (χ0v) is 24.1. The van der Waals surface area contributed by atoms with Crippen LogP contribution < -0.4 is 5.32 Å². The number of aliphatic hydroxyl groups is 1. The average molecular weight is 529 g/mol. The fourth-order valence-corrected chi connectivity index (χ4v) is 5.32. The zero-order chi connectivity index (χ0) is 27.7. The lowest BCUT2D eigenvalue weighted by atomic mass is 9.81. The van der Waals surface area contributed by atoms with Crippen molar-refractivity contribution in [2.45, 2.75) is 89.9 Å². The fourth-order valence-electron chi connectivity index (χ4n) is 5.32. The number of carbonyl (C=O) groups is 1. The minimum atomic E-state index is -0.223. The highest BCUT2D eigenvalue weighted by Crippen LogP contribution is 2.35. The van der Waals surface area contributed by atoms with Crippen molar-refractivity contribution in [3.63, 3.8) is 0 Å². The number of ether oxygens (including phenoxy) is 1. The molecule has 1 saturated carbocycles. The van der Waals surface area contributed by atoms with Crippen LogP contribution in [0.1, 0.15) is 82.9 Å². The van der Waals surface area contributed by atoms with E-state index in [1.165, 1.54) is 0 Å². The third kappa shape index (κ3) is 8.50. The number of allylic oxidation sites excluding steroid dienone is 1. The molecule has 0 radical (unpaired) electrons. The van der Waals surface area contributed by atoms with Crippen LogP contribution in [0.15, 0.2) is 17.8 Å². The summed E-state index contributed by atoms with van der Waals surface area (Å²) in [4.78, 5) is 30.0. The van der Waals surface area contributed by atoms with Crippen LogP contribution in [-0.2, 0) is 9.53 Å². The van der Waals surface area contributed by atoms with Crippen LogP contribution in [0.5, 0.6) is 0 Å². The Labute approximate surface area is 228 Å². The Bertz CT molecular complexity index is 950. The Morgan fingerprint density at radius 3 is 2.55 bits per heavy atom. The van der Waals surface area contributed by atoms with Crippen molar-refractivity contribution in [1.29, 1.82) is 0 Å². The zero-order valence-electron chi connectivity index (χ0n) is 24.1. The predicted molar refractivity (Wildman–Crippen MR) is 153 cm³/mol. The monoisotopic (exact) mass is 528 g/mol. The summed E-state index contributed by atoms with van der Waals surface area (Å²) < 4.78 is 6.46. The normalized spacial score (nSPS) is 22.1. The lowest BCUT2D eigenvalue weighted by Crippen LogP contribution is -2.39. The largest absolute Gasteiger partial charge is 0.474 e. The average Bonchev–Trinajstić information content (AvgIpc) is 2.91. The summed E-state index contributed by atoms with van der Waals surface area (Å²) in [6.07, 6.45) is 9.41. The molecule has 1 aromatic heterocycles. The second-order valence-corrected chi connectivity index (χ2v) is 11.0. The van der Waals surface area contributed by atoms with Crippen molar-refractivity contribution in [2.75, 3.05) is 46.1 Å². The van der Waals surface area contributed by atoms with Crippen molar-refractivity contribution < 1.29 is 14.6 Å². The van der Waals surface area contributed by atoms with Gasteiger partial charge in [-0.3, -0.25) is 9.79 Å². The molecule has 1 aliphatic carbocycles. The van der Waals surface area contributed by atoms with Gasteiger partial charge in [-0.2, -0.15) is 0 Å². The van der Waals surface area contributed by atoms with Gasteiger partial charge in [-0.15, -0.1) is 0 Å². The number of amides is 1. The number of aromatic nitrogens is 2. The number of anilines is 1. The Morgan fingerprint density at radius 1 is 1.26 bits per heavy atom. The maximum atomic E-state index is 11.9. The van der Waals surface area contributed by atoms with E-state index in [0.29, 0.717) is 18.3 Å². The Kier molecular flexibility index (Phi) is 11.5. The van der Waals surface area contributed by atoms with E-state index in [0.717, 1.165) is 87.8 Å². The molecule has 1 atom stereocenters. The summed E-state index contributed by atoms with van der Waals surface area (Å²) in [5.41, 5.74) is 2.52. The molecule has 9 nitrogen and oxygen atoms in total. The summed E-state index contributed by atoms with van der Waals surface area (Å²) in [7, 11) is 5.34. The van der Waals surface area contributed by atoms with E-state index in [1.807, 2.05) is 6.20 Å². The number of hydrogen-bond donors (Lipinski definition) is 2. The molecule has 0 spiro atoms. The van der Waals surface area contributed by atoms with E-state index in [1.54, 1.807) is 26.0 Å². The van der Waals surface area contributed by atoms with Gasteiger partial charge in [0, 0.05) is 59.4 Å². The van der Waals surface area contributed by atoms with Gasteiger partial charge in [0.2, 0.25) is 17.8 Å². The number of piperidine rings is 1. The van der Waals surface area contributed by atoms with Gasteiger partial charge < -0.3 is 25.0 Å². The van der Waals surface area contributed by atoms with Crippen LogP contribution >= 0.6 is 0 Å². The van der Waals surface area contributed by atoms with E-state index in [9.17, 15) is 9.90 Å². The molecular formula is C29H48N6O3. The van der Waals surface area contributed by atoms with E-state index in [-0.39, 0.29) is 30.1 Å². The number of nitrogens with one attached hydrogen (secondary N) is 1. The molecule has 1 unspecified atom stereocenters. The molecule has 0 bridgehead atoms. The van der Waals surface area contributed by atoms with Crippen molar-refractivity contribution in [2.24, 2.45) is 10.9 Å². The van der Waals surface area contributed by atoms with Gasteiger partial charge in [-0.1, -0.05) is 19.9 Å². The summed E-state index contributed by atoms with van der Waals surface area (Å²) in [5.74, 6) is 1.56. The molecular weight excluding hydrogens is 480 g/mol. The highest BCUT2D eigenvalue weighted by atomic mass is 16.5. The number of rotatable bonds is 11. The molecule has 2 fully saturated rings. The predicted octanol–water partition coefficient (Wildman–Crippen LogP) is 3.98. The molecule has 2 aliphatic rings. The van der Waals surface area contributed by atoms with Gasteiger partial charge in [-0.25, -0.2) is 9.97 Å². The molecule has 2 N–H and O–H groups in total. The number of aliphatic hydroxyl groups excluding tert-OH is 1. The van der Waals surface area contributed by atoms with E-state index in [2.05, 4.69) is 40.6 Å². The topological polar surface area (TPSA) is 103 Å². The quantitative estimate of drug-likeness (QED) is 0.331. The Morgan fingerprint density at radius 2 is 1.95 bits per heavy atom. The molecule has 38 heavy (non-hydrogen) atoms. The number of aliphatic imine (C=N–C) groups is 1. The first-order chi connectivity index (χ1) is 18.2. The van der Waals surface area contributed by atoms with Crippen molar-refractivity contribution in [3.05, 3.63) is 24.0 Å². The Balaban J connectivity index is 1.72. The van der Waals surface area contributed by atoms with Crippen molar-refractivity contribution >= 4 is 23.3 Å².